The monoisotopic (exact) mass is 1000 g/mol. The molecular weight excluding hydrogens is 907 g/mol. The van der Waals surface area contributed by atoms with Crippen molar-refractivity contribution in [2.24, 2.45) is 0 Å². The first-order chi connectivity index (χ1) is 35.3. The molecule has 4 aromatic rings. The van der Waals surface area contributed by atoms with Crippen LogP contribution in [0.15, 0.2) is 36.4 Å². The lowest BCUT2D eigenvalue weighted by molar-refractivity contribution is -0.123. The van der Waals surface area contributed by atoms with E-state index in [-0.39, 0.29) is 37.5 Å². The second kappa shape index (κ2) is 35.9. The number of amides is 3. The summed E-state index contributed by atoms with van der Waals surface area (Å²) in [5.74, 6) is 2.37. The molecule has 0 aliphatic carbocycles. The number of carbonyl (C=O) groups is 3. The van der Waals surface area contributed by atoms with E-state index in [0.29, 0.717) is 74.0 Å². The summed E-state index contributed by atoms with van der Waals surface area (Å²) >= 11 is 0. The summed E-state index contributed by atoms with van der Waals surface area (Å²) in [5.41, 5.74) is 0. The summed E-state index contributed by atoms with van der Waals surface area (Å²) in [6, 6.07) is 11.9. The molecule has 12 nitrogen and oxygen atoms in total. The third-order valence-corrected chi connectivity index (χ3v) is 13.0. The van der Waals surface area contributed by atoms with Gasteiger partial charge in [-0.15, -0.1) is 0 Å². The van der Waals surface area contributed by atoms with Crippen LogP contribution >= 0.6 is 0 Å². The van der Waals surface area contributed by atoms with Crippen LogP contribution in [0, 0.1) is 0 Å². The zero-order chi connectivity index (χ0) is 51.6. The zero-order valence-electron chi connectivity index (χ0n) is 45.5. The minimum absolute atomic E-state index is 0.164. The fraction of sp³-hybridized carbons (Fsp3) is 0.650. The lowest BCUT2D eigenvalue weighted by Gasteiger charge is -2.20. The Labute approximate surface area is 433 Å². The molecule has 0 bridgehead atoms. The highest BCUT2D eigenvalue weighted by molar-refractivity contribution is 6.27. The first-order valence-corrected chi connectivity index (χ1v) is 28.4. The summed E-state index contributed by atoms with van der Waals surface area (Å²) in [7, 11) is 0. The van der Waals surface area contributed by atoms with Crippen LogP contribution in [0.4, 0.5) is 0 Å². The van der Waals surface area contributed by atoms with E-state index >= 15 is 0 Å². The molecular formula is C60H93N3O9. The van der Waals surface area contributed by atoms with Crippen molar-refractivity contribution in [3.05, 3.63) is 36.4 Å². The SMILES string of the molecule is CCCCCCCCOc1cc2c3cc(OCCCCCCCC)c(OCC(=O)NCCCC)cc3c3cc(OCC(=O)NCCCC)c(OCCCCCCCC)cc3c2cc1OCC(=O)NCCCC. The van der Waals surface area contributed by atoms with Crippen LogP contribution in [0.25, 0.3) is 32.3 Å². The highest BCUT2D eigenvalue weighted by Gasteiger charge is 2.22. The van der Waals surface area contributed by atoms with Gasteiger partial charge in [-0.25, -0.2) is 0 Å². The number of unbranched alkanes of at least 4 members (excludes halogenated alkanes) is 18. The van der Waals surface area contributed by atoms with Crippen LogP contribution in [0.3, 0.4) is 0 Å². The van der Waals surface area contributed by atoms with E-state index in [1.165, 1.54) is 57.8 Å². The van der Waals surface area contributed by atoms with E-state index in [2.05, 4.69) is 57.5 Å². The summed E-state index contributed by atoms with van der Waals surface area (Å²) in [6.45, 7) is 15.6. The van der Waals surface area contributed by atoms with Crippen LogP contribution in [0.1, 0.15) is 196 Å². The van der Waals surface area contributed by atoms with Crippen LogP contribution < -0.4 is 44.4 Å². The maximum atomic E-state index is 13.1. The van der Waals surface area contributed by atoms with Crippen molar-refractivity contribution in [1.29, 1.82) is 0 Å². The van der Waals surface area contributed by atoms with E-state index in [9.17, 15) is 14.4 Å². The lowest BCUT2D eigenvalue weighted by atomic mass is 9.93. The van der Waals surface area contributed by atoms with Crippen LogP contribution in [0.2, 0.25) is 0 Å². The molecule has 4 rings (SSSR count). The molecule has 0 fully saturated rings. The van der Waals surface area contributed by atoms with E-state index in [4.69, 9.17) is 28.4 Å². The maximum Gasteiger partial charge on any atom is 0.257 e. The molecule has 3 amide bonds. The number of fused-ring (bicyclic) bond motifs is 6. The average Bonchev–Trinajstić information content (AvgIpc) is 3.38. The summed E-state index contributed by atoms with van der Waals surface area (Å²) in [6.07, 6.45) is 25.6. The smallest absolute Gasteiger partial charge is 0.257 e. The van der Waals surface area contributed by atoms with Gasteiger partial charge in [-0.3, -0.25) is 14.4 Å². The molecule has 0 aliphatic heterocycles. The van der Waals surface area contributed by atoms with E-state index < -0.39 is 0 Å². The molecule has 0 spiro atoms. The van der Waals surface area contributed by atoms with Crippen molar-refractivity contribution in [1.82, 2.24) is 16.0 Å². The predicted octanol–water partition coefficient (Wildman–Crippen LogP) is 14.2. The normalized spacial score (nSPS) is 11.2. The van der Waals surface area contributed by atoms with Crippen molar-refractivity contribution in [3.63, 3.8) is 0 Å². The molecule has 4 aromatic carbocycles. The Kier molecular flexibility index (Phi) is 29.6. The Morgan fingerprint density at radius 3 is 0.736 bits per heavy atom. The quantitative estimate of drug-likeness (QED) is 0.0292. The van der Waals surface area contributed by atoms with Crippen LogP contribution in [-0.2, 0) is 14.4 Å². The predicted molar refractivity (Wildman–Crippen MR) is 296 cm³/mol. The minimum Gasteiger partial charge on any atom is -0.490 e. The molecule has 3 N–H and O–H groups in total. The first-order valence-electron chi connectivity index (χ1n) is 28.4. The second-order valence-corrected chi connectivity index (χ2v) is 19.4. The molecule has 12 heteroatoms. The third kappa shape index (κ3) is 21.1. The van der Waals surface area contributed by atoms with Gasteiger partial charge in [0.1, 0.15) is 0 Å². The second-order valence-electron chi connectivity index (χ2n) is 19.4. The van der Waals surface area contributed by atoms with Gasteiger partial charge in [0.05, 0.1) is 19.8 Å². The molecule has 72 heavy (non-hydrogen) atoms. The number of ether oxygens (including phenoxy) is 6. The van der Waals surface area contributed by atoms with Crippen molar-refractivity contribution in [3.8, 4) is 34.5 Å². The van der Waals surface area contributed by atoms with Crippen molar-refractivity contribution < 1.29 is 42.8 Å². The van der Waals surface area contributed by atoms with Gasteiger partial charge >= 0.3 is 0 Å². The lowest BCUT2D eigenvalue weighted by Crippen LogP contribution is -2.29. The number of hydrogen-bond acceptors (Lipinski definition) is 9. The molecule has 0 unspecified atom stereocenters. The Balaban J connectivity index is 1.96. The largest absolute Gasteiger partial charge is 0.490 e. The maximum absolute atomic E-state index is 13.1. The summed E-state index contributed by atoms with van der Waals surface area (Å²) < 4.78 is 39.0. The molecule has 0 heterocycles. The standard InChI is InChI=1S/C60H93N3O9/c1-7-13-19-22-25-28-34-67-52-37-46-47-38-53(68-35-29-26-23-20-14-8-2)56(71-44-59(65)62-32-17-11-5)41-50(47)51-42-57(72-45-60(66)63-33-18-12-6)54(69-36-30-27-24-21-15-9-3)39-48(51)49(46)40-55(52)70-43-58(64)61-31-16-10-4/h37-42H,7-36,43-45H2,1-6H3,(H,61,64)(H,62,65)(H,63,66). The van der Waals surface area contributed by atoms with Gasteiger partial charge in [-0.1, -0.05) is 157 Å². The molecule has 0 atom stereocenters. The zero-order valence-corrected chi connectivity index (χ0v) is 45.5. The fourth-order valence-electron chi connectivity index (χ4n) is 8.68. The molecule has 0 saturated heterocycles. The van der Waals surface area contributed by atoms with Crippen LogP contribution in [0.5, 0.6) is 34.5 Å². The van der Waals surface area contributed by atoms with E-state index in [0.717, 1.165) is 129 Å². The molecule has 0 radical (unpaired) electrons. The van der Waals surface area contributed by atoms with Gasteiger partial charge in [0.15, 0.2) is 54.3 Å². The van der Waals surface area contributed by atoms with Gasteiger partial charge in [0.25, 0.3) is 17.7 Å². The third-order valence-electron chi connectivity index (χ3n) is 13.0. The molecule has 0 aliphatic rings. The van der Waals surface area contributed by atoms with Crippen LogP contribution in [-0.4, -0.2) is 77.0 Å². The Hall–Kier alpha value is -5.13. The van der Waals surface area contributed by atoms with Gasteiger partial charge in [0.2, 0.25) is 0 Å². The Bertz CT molecular complexity index is 2190. The molecule has 402 valence electrons. The van der Waals surface area contributed by atoms with Crippen molar-refractivity contribution >= 4 is 50.0 Å². The number of hydrogen-bond donors (Lipinski definition) is 3. The first kappa shape index (κ1) is 59.4. The highest BCUT2D eigenvalue weighted by atomic mass is 16.5. The van der Waals surface area contributed by atoms with Crippen molar-refractivity contribution in [2.45, 2.75) is 196 Å². The van der Waals surface area contributed by atoms with Gasteiger partial charge < -0.3 is 44.4 Å². The van der Waals surface area contributed by atoms with Crippen molar-refractivity contribution in [2.75, 3.05) is 59.3 Å². The van der Waals surface area contributed by atoms with E-state index in [1.807, 2.05) is 36.4 Å². The number of carbonyl (C=O) groups excluding carboxylic acids is 3. The fourth-order valence-corrected chi connectivity index (χ4v) is 8.68. The Morgan fingerprint density at radius 1 is 0.292 bits per heavy atom. The molecule has 0 saturated carbocycles. The minimum atomic E-state index is -0.206. The van der Waals surface area contributed by atoms with Gasteiger partial charge in [-0.05, 0) is 107 Å². The van der Waals surface area contributed by atoms with E-state index in [1.54, 1.807) is 0 Å². The summed E-state index contributed by atoms with van der Waals surface area (Å²) in [5, 5.41) is 14.0. The topological polar surface area (TPSA) is 143 Å². The molecule has 0 aromatic heterocycles. The number of nitrogens with one attached hydrogen (secondary N) is 3. The highest BCUT2D eigenvalue weighted by Crippen LogP contribution is 2.47. The Morgan fingerprint density at radius 2 is 0.500 bits per heavy atom. The summed E-state index contributed by atoms with van der Waals surface area (Å²) in [4.78, 5) is 39.4. The number of benzene rings is 4. The van der Waals surface area contributed by atoms with Gasteiger partial charge in [-0.2, -0.15) is 0 Å². The van der Waals surface area contributed by atoms with Gasteiger partial charge in [0, 0.05) is 19.6 Å². The number of rotatable bonds is 42. The average molecular weight is 1000 g/mol.